The Bertz CT molecular complexity index is 1280. The molecule has 36 heavy (non-hydrogen) atoms. The van der Waals surface area contributed by atoms with E-state index in [4.69, 9.17) is 9.47 Å². The minimum absolute atomic E-state index is 0.0757. The average Bonchev–Trinajstić information content (AvgIpc) is 3.36. The number of carbonyl (C=O) groups is 1. The van der Waals surface area contributed by atoms with Crippen LogP contribution < -0.4 is 25.2 Å². The summed E-state index contributed by atoms with van der Waals surface area (Å²) >= 11 is 0. The lowest BCUT2D eigenvalue weighted by molar-refractivity contribution is -0.383. The molecule has 1 saturated heterocycles. The van der Waals surface area contributed by atoms with Gasteiger partial charge in [-0.3, -0.25) is 30.7 Å². The van der Waals surface area contributed by atoms with E-state index in [1.54, 1.807) is 12.1 Å². The number of anilines is 2. The second-order valence-electron chi connectivity index (χ2n) is 8.55. The molecular formula is C24H25N7O5. The number of nitro groups is 1. The van der Waals surface area contributed by atoms with Crippen LogP contribution in [-0.4, -0.2) is 58.7 Å². The zero-order valence-electron chi connectivity index (χ0n) is 19.6. The molecule has 0 spiro atoms. The first kappa shape index (κ1) is 23.3. The number of piperazine rings is 1. The van der Waals surface area contributed by atoms with Crippen molar-refractivity contribution in [3.05, 3.63) is 75.6 Å². The second kappa shape index (κ2) is 10.0. The van der Waals surface area contributed by atoms with Crippen molar-refractivity contribution < 1.29 is 19.2 Å². The predicted octanol–water partition coefficient (Wildman–Crippen LogP) is 2.50. The summed E-state index contributed by atoms with van der Waals surface area (Å²) in [6.45, 7) is 5.39. The summed E-state index contributed by atoms with van der Waals surface area (Å²) in [4.78, 5) is 36.2. The monoisotopic (exact) mass is 491 g/mol. The van der Waals surface area contributed by atoms with Gasteiger partial charge < -0.3 is 14.4 Å². The molecule has 1 fully saturated rings. The van der Waals surface area contributed by atoms with Crippen molar-refractivity contribution in [1.29, 1.82) is 0 Å². The van der Waals surface area contributed by atoms with Crippen LogP contribution in [0.5, 0.6) is 11.5 Å². The molecule has 0 radical (unpaired) electrons. The number of hydrogen-bond donors (Lipinski definition) is 2. The van der Waals surface area contributed by atoms with Crippen LogP contribution in [0.3, 0.4) is 0 Å². The Morgan fingerprint density at radius 3 is 2.56 bits per heavy atom. The Morgan fingerprint density at radius 1 is 1.06 bits per heavy atom. The Morgan fingerprint density at radius 2 is 1.81 bits per heavy atom. The van der Waals surface area contributed by atoms with E-state index in [1.807, 2.05) is 42.2 Å². The van der Waals surface area contributed by atoms with Gasteiger partial charge in [0.2, 0.25) is 18.4 Å². The fourth-order valence-electron chi connectivity index (χ4n) is 4.17. The molecule has 3 heterocycles. The molecule has 186 valence electrons. The van der Waals surface area contributed by atoms with E-state index >= 15 is 0 Å². The van der Waals surface area contributed by atoms with Crippen molar-refractivity contribution in [3.63, 3.8) is 0 Å². The van der Waals surface area contributed by atoms with Crippen molar-refractivity contribution in [2.45, 2.75) is 13.5 Å². The van der Waals surface area contributed by atoms with E-state index in [9.17, 15) is 14.9 Å². The number of nitrogens with zero attached hydrogens (tertiary/aromatic N) is 5. The van der Waals surface area contributed by atoms with Crippen molar-refractivity contribution in [2.75, 3.05) is 43.3 Å². The molecule has 1 amide bonds. The van der Waals surface area contributed by atoms with Gasteiger partial charge in [0.25, 0.3) is 5.91 Å². The maximum atomic E-state index is 12.4. The molecule has 0 unspecified atom stereocenters. The minimum Gasteiger partial charge on any atom is -0.454 e. The molecular weight excluding hydrogens is 466 g/mol. The number of amides is 1. The molecule has 5 rings (SSSR count). The van der Waals surface area contributed by atoms with Gasteiger partial charge in [-0.2, -0.15) is 0 Å². The van der Waals surface area contributed by atoms with Crippen LogP contribution in [0, 0.1) is 17.0 Å². The minimum atomic E-state index is -0.533. The predicted molar refractivity (Wildman–Crippen MR) is 131 cm³/mol. The number of rotatable bonds is 7. The van der Waals surface area contributed by atoms with E-state index in [-0.39, 0.29) is 24.1 Å². The lowest BCUT2D eigenvalue weighted by Gasteiger charge is -2.35. The number of hydrazine groups is 1. The summed E-state index contributed by atoms with van der Waals surface area (Å²) in [6.07, 6.45) is 1.25. The van der Waals surface area contributed by atoms with Gasteiger partial charge in [0.05, 0.1) is 4.92 Å². The van der Waals surface area contributed by atoms with Gasteiger partial charge in [-0.25, -0.2) is 9.97 Å². The number of fused-ring (bicyclic) bond motifs is 1. The van der Waals surface area contributed by atoms with E-state index in [2.05, 4.69) is 25.7 Å². The molecule has 0 aliphatic carbocycles. The van der Waals surface area contributed by atoms with Crippen LogP contribution in [0.25, 0.3) is 0 Å². The molecule has 1 aromatic heterocycles. The lowest BCUT2D eigenvalue weighted by atomic mass is 10.1. The number of aryl methyl sites for hydroxylation is 1. The van der Waals surface area contributed by atoms with Crippen LogP contribution in [-0.2, 0) is 6.54 Å². The SMILES string of the molecule is Cc1ccc(C(=O)NNc2ncnc(N3CCN(Cc4ccc5c(c4)OCO5)CC3)c2[N+](=O)[O-])cc1. The Balaban J connectivity index is 1.24. The summed E-state index contributed by atoms with van der Waals surface area (Å²) in [7, 11) is 0. The van der Waals surface area contributed by atoms with Crippen LogP contribution in [0.2, 0.25) is 0 Å². The molecule has 12 nitrogen and oxygen atoms in total. The zero-order chi connectivity index (χ0) is 25.1. The number of aromatic nitrogens is 2. The summed E-state index contributed by atoms with van der Waals surface area (Å²) in [5.74, 6) is 1.20. The normalized spacial score (nSPS) is 15.0. The molecule has 2 N–H and O–H groups in total. The third-order valence-electron chi connectivity index (χ3n) is 6.11. The lowest BCUT2D eigenvalue weighted by Crippen LogP contribution is -2.46. The average molecular weight is 492 g/mol. The number of hydrogen-bond acceptors (Lipinski definition) is 10. The molecule has 2 aliphatic rings. The van der Waals surface area contributed by atoms with E-state index in [1.165, 1.54) is 6.33 Å². The van der Waals surface area contributed by atoms with Crippen molar-refractivity contribution >= 4 is 23.2 Å². The van der Waals surface area contributed by atoms with Crippen LogP contribution in [0.4, 0.5) is 17.3 Å². The molecule has 2 aliphatic heterocycles. The van der Waals surface area contributed by atoms with Crippen molar-refractivity contribution in [3.8, 4) is 11.5 Å². The Labute approximate surface area is 207 Å². The van der Waals surface area contributed by atoms with E-state index in [0.29, 0.717) is 31.7 Å². The molecule has 12 heteroatoms. The Kier molecular flexibility index (Phi) is 6.50. The first-order valence-corrected chi connectivity index (χ1v) is 11.5. The van der Waals surface area contributed by atoms with Gasteiger partial charge in [-0.15, -0.1) is 0 Å². The van der Waals surface area contributed by atoms with E-state index in [0.717, 1.165) is 29.2 Å². The first-order valence-electron chi connectivity index (χ1n) is 11.5. The second-order valence-corrected chi connectivity index (χ2v) is 8.55. The topological polar surface area (TPSA) is 135 Å². The number of nitrogens with one attached hydrogen (secondary N) is 2. The molecule has 2 aromatic carbocycles. The Hall–Kier alpha value is -4.45. The largest absolute Gasteiger partial charge is 0.454 e. The van der Waals surface area contributed by atoms with Gasteiger partial charge in [-0.05, 0) is 36.8 Å². The number of carbonyl (C=O) groups excluding carboxylic acids is 1. The van der Waals surface area contributed by atoms with Crippen molar-refractivity contribution in [2.24, 2.45) is 0 Å². The summed E-state index contributed by atoms with van der Waals surface area (Å²) in [6, 6.07) is 12.9. The zero-order valence-corrected chi connectivity index (χ0v) is 19.6. The molecule has 0 bridgehead atoms. The summed E-state index contributed by atoms with van der Waals surface area (Å²) in [5.41, 5.74) is 7.34. The standard InChI is InChI=1S/C24H25N7O5/c1-16-2-5-18(6-3-16)24(32)28-27-22-21(31(33)34)23(26-14-25-22)30-10-8-29(9-11-30)13-17-4-7-19-20(12-17)36-15-35-19/h2-7,12,14H,8-11,13,15H2,1H3,(H,28,32)(H,25,26,27). The highest BCUT2D eigenvalue weighted by Gasteiger charge is 2.29. The van der Waals surface area contributed by atoms with E-state index < -0.39 is 10.8 Å². The molecule has 0 atom stereocenters. The fourth-order valence-corrected chi connectivity index (χ4v) is 4.17. The number of benzene rings is 2. The third-order valence-corrected chi connectivity index (χ3v) is 6.11. The smallest absolute Gasteiger partial charge is 0.355 e. The third kappa shape index (κ3) is 4.98. The van der Waals surface area contributed by atoms with Gasteiger partial charge in [-0.1, -0.05) is 23.8 Å². The van der Waals surface area contributed by atoms with Gasteiger partial charge in [0.15, 0.2) is 11.5 Å². The highest BCUT2D eigenvalue weighted by atomic mass is 16.7. The van der Waals surface area contributed by atoms with Gasteiger partial charge in [0.1, 0.15) is 6.33 Å². The summed E-state index contributed by atoms with van der Waals surface area (Å²) in [5, 5.41) is 11.9. The first-order chi connectivity index (χ1) is 17.5. The summed E-state index contributed by atoms with van der Waals surface area (Å²) < 4.78 is 10.8. The maximum Gasteiger partial charge on any atom is 0.355 e. The highest BCUT2D eigenvalue weighted by molar-refractivity contribution is 5.95. The molecule has 0 saturated carbocycles. The van der Waals surface area contributed by atoms with Crippen LogP contribution in [0.1, 0.15) is 21.5 Å². The quantitative estimate of drug-likeness (QED) is 0.375. The van der Waals surface area contributed by atoms with Gasteiger partial charge >= 0.3 is 5.69 Å². The van der Waals surface area contributed by atoms with Crippen molar-refractivity contribution in [1.82, 2.24) is 20.3 Å². The molecule has 3 aromatic rings. The number of ether oxygens (including phenoxy) is 2. The fraction of sp³-hybridized carbons (Fsp3) is 0.292. The highest BCUT2D eigenvalue weighted by Crippen LogP contribution is 2.34. The van der Waals surface area contributed by atoms with Gasteiger partial charge in [0, 0.05) is 38.3 Å². The maximum absolute atomic E-state index is 12.4. The van der Waals surface area contributed by atoms with Crippen LogP contribution >= 0.6 is 0 Å². The van der Waals surface area contributed by atoms with Crippen LogP contribution in [0.15, 0.2) is 48.8 Å².